The summed E-state index contributed by atoms with van der Waals surface area (Å²) in [6.07, 6.45) is 0.333. The summed E-state index contributed by atoms with van der Waals surface area (Å²) >= 11 is 0. The Morgan fingerprint density at radius 2 is 1.92 bits per heavy atom. The van der Waals surface area contributed by atoms with Crippen LogP contribution >= 0.6 is 0 Å². The van der Waals surface area contributed by atoms with E-state index in [0.717, 1.165) is 11.1 Å². The Hall–Kier alpha value is -4.41. The van der Waals surface area contributed by atoms with Crippen molar-refractivity contribution in [3.63, 3.8) is 0 Å². The molecule has 1 N–H and O–H groups in total. The van der Waals surface area contributed by atoms with Crippen molar-refractivity contribution in [2.24, 2.45) is 5.10 Å². The van der Waals surface area contributed by atoms with E-state index in [1.54, 1.807) is 34.2 Å². The molecule has 2 aromatic carbocycles. The number of hydrogen-bond acceptors (Lipinski definition) is 7. The van der Waals surface area contributed by atoms with E-state index in [9.17, 15) is 14.0 Å². The van der Waals surface area contributed by atoms with Gasteiger partial charge in [0.15, 0.2) is 11.6 Å². The van der Waals surface area contributed by atoms with Gasteiger partial charge in [-0.15, -0.1) is 10.2 Å². The van der Waals surface area contributed by atoms with Crippen LogP contribution in [0.1, 0.15) is 40.2 Å². The van der Waals surface area contributed by atoms with Gasteiger partial charge >= 0.3 is 0 Å². The molecule has 2 aromatic heterocycles. The van der Waals surface area contributed by atoms with Crippen molar-refractivity contribution in [3.8, 4) is 0 Å². The molecule has 4 aromatic rings. The Kier molecular flexibility index (Phi) is 6.05. The number of nitrogens with one attached hydrogen (secondary N) is 1. The van der Waals surface area contributed by atoms with E-state index in [1.165, 1.54) is 6.07 Å². The number of aromatic amines is 1. The van der Waals surface area contributed by atoms with Crippen molar-refractivity contribution in [2.75, 3.05) is 20.6 Å². The van der Waals surface area contributed by atoms with Gasteiger partial charge in [0.1, 0.15) is 11.5 Å². The maximum Gasteiger partial charge on any atom is 0.272 e. The number of amides is 1. The van der Waals surface area contributed by atoms with Gasteiger partial charge < -0.3 is 14.5 Å². The largest absolute Gasteiger partial charge is 0.329 e. The van der Waals surface area contributed by atoms with Gasteiger partial charge in [-0.05, 0) is 30.7 Å². The number of halogens is 1. The van der Waals surface area contributed by atoms with Gasteiger partial charge in [0.25, 0.3) is 11.5 Å². The molecule has 1 amide bonds. The van der Waals surface area contributed by atoms with Gasteiger partial charge in [-0.25, -0.2) is 9.49 Å². The van der Waals surface area contributed by atoms with Crippen LogP contribution in [0.4, 0.5) is 4.39 Å². The van der Waals surface area contributed by atoms with E-state index in [2.05, 4.69) is 25.5 Å². The van der Waals surface area contributed by atoms with Crippen LogP contribution in [-0.2, 0) is 19.5 Å². The zero-order valence-corrected chi connectivity index (χ0v) is 20.2. The number of carbonyl (C=O) groups excluding carboxylic acids is 1. The van der Waals surface area contributed by atoms with Crippen LogP contribution in [-0.4, -0.2) is 67.1 Å². The summed E-state index contributed by atoms with van der Waals surface area (Å²) < 4.78 is 16.7. The highest BCUT2D eigenvalue weighted by atomic mass is 19.1. The first-order valence-corrected chi connectivity index (χ1v) is 11.5. The zero-order chi connectivity index (χ0) is 25.4. The van der Waals surface area contributed by atoms with E-state index in [1.807, 2.05) is 37.7 Å². The van der Waals surface area contributed by atoms with Crippen LogP contribution in [0.25, 0.3) is 10.8 Å². The molecule has 1 aliphatic heterocycles. The van der Waals surface area contributed by atoms with Crippen LogP contribution in [0.15, 0.2) is 52.4 Å². The lowest BCUT2D eigenvalue weighted by atomic mass is 10.0. The molecule has 0 spiro atoms. The normalized spacial score (nSPS) is 13.7. The minimum Gasteiger partial charge on any atom is -0.329 e. The van der Waals surface area contributed by atoms with Gasteiger partial charge in [0.2, 0.25) is 0 Å². The molecule has 10 nitrogen and oxygen atoms in total. The number of carbonyl (C=O) groups is 1. The summed E-state index contributed by atoms with van der Waals surface area (Å²) in [5.74, 6) is 0.269. The van der Waals surface area contributed by atoms with Crippen molar-refractivity contribution in [3.05, 3.63) is 87.1 Å². The predicted octanol–water partition coefficient (Wildman–Crippen LogP) is 2.19. The fourth-order valence-electron chi connectivity index (χ4n) is 4.46. The molecule has 0 saturated heterocycles. The van der Waals surface area contributed by atoms with Crippen LogP contribution < -0.4 is 5.56 Å². The lowest BCUT2D eigenvalue weighted by molar-refractivity contribution is 0.0702. The van der Waals surface area contributed by atoms with Crippen molar-refractivity contribution in [1.82, 2.24) is 34.9 Å². The molecule has 1 aliphatic rings. The maximum absolute atomic E-state index is 14.8. The van der Waals surface area contributed by atoms with Crippen molar-refractivity contribution in [1.29, 1.82) is 0 Å². The second-order valence-corrected chi connectivity index (χ2v) is 8.89. The SMILES string of the molecule is C/C(=N\N(C)C)c1nnc2n1CCN(C(=O)c1cc(Cc3n[nH]c(=O)c4ccccc34)ccc1F)C2. The quantitative estimate of drug-likeness (QED) is 0.340. The van der Waals surface area contributed by atoms with Gasteiger partial charge in [-0.3, -0.25) is 9.59 Å². The highest BCUT2D eigenvalue weighted by molar-refractivity contribution is 5.96. The molecule has 11 heteroatoms. The number of H-pyrrole nitrogens is 1. The molecule has 0 aliphatic carbocycles. The topological polar surface area (TPSA) is 112 Å². The van der Waals surface area contributed by atoms with E-state index < -0.39 is 11.7 Å². The summed E-state index contributed by atoms with van der Waals surface area (Å²) in [6, 6.07) is 11.6. The van der Waals surface area contributed by atoms with Crippen LogP contribution in [0.5, 0.6) is 0 Å². The number of nitrogens with zero attached hydrogens (tertiary/aromatic N) is 7. The second-order valence-electron chi connectivity index (χ2n) is 8.89. The van der Waals surface area contributed by atoms with Crippen LogP contribution in [0.3, 0.4) is 0 Å². The first-order valence-electron chi connectivity index (χ1n) is 11.5. The van der Waals surface area contributed by atoms with E-state index in [4.69, 9.17) is 0 Å². The number of benzene rings is 2. The van der Waals surface area contributed by atoms with Crippen LogP contribution in [0.2, 0.25) is 0 Å². The molecule has 0 saturated carbocycles. The smallest absolute Gasteiger partial charge is 0.272 e. The van der Waals surface area contributed by atoms with E-state index >= 15 is 0 Å². The first kappa shape index (κ1) is 23.3. The minimum atomic E-state index is -0.593. The number of rotatable bonds is 5. The Labute approximate surface area is 206 Å². The Morgan fingerprint density at radius 3 is 2.69 bits per heavy atom. The summed E-state index contributed by atoms with van der Waals surface area (Å²) in [4.78, 5) is 27.0. The highest BCUT2D eigenvalue weighted by Gasteiger charge is 2.27. The average molecular weight is 489 g/mol. The maximum atomic E-state index is 14.8. The van der Waals surface area contributed by atoms with Gasteiger partial charge in [0.05, 0.1) is 23.2 Å². The van der Waals surface area contributed by atoms with Crippen molar-refractivity contribution < 1.29 is 9.18 Å². The molecule has 5 rings (SSSR count). The van der Waals surface area contributed by atoms with Crippen molar-refractivity contribution >= 4 is 22.4 Å². The van der Waals surface area contributed by atoms with Crippen molar-refractivity contribution in [2.45, 2.75) is 26.4 Å². The van der Waals surface area contributed by atoms with Gasteiger partial charge in [-0.2, -0.15) is 10.2 Å². The van der Waals surface area contributed by atoms with E-state index in [-0.39, 0.29) is 17.7 Å². The first-order chi connectivity index (χ1) is 17.3. The zero-order valence-electron chi connectivity index (χ0n) is 20.2. The predicted molar refractivity (Wildman–Crippen MR) is 132 cm³/mol. The standard InChI is InChI=1S/C25H25FN8O2/c1-15(31-32(2)3)23-29-28-22-14-33(10-11-34(22)23)25(36)19-12-16(8-9-20(19)26)13-21-17-6-4-5-7-18(17)24(35)30-27-21/h4-9,12H,10-11,13-14H2,1-3H3,(H,30,35)/b31-15+. The molecular formula is C25H25FN8O2. The third kappa shape index (κ3) is 4.35. The summed E-state index contributed by atoms with van der Waals surface area (Å²) in [7, 11) is 3.66. The molecule has 3 heterocycles. The van der Waals surface area contributed by atoms with Crippen LogP contribution in [0, 0.1) is 5.82 Å². The Morgan fingerprint density at radius 1 is 1.14 bits per heavy atom. The fourth-order valence-corrected chi connectivity index (χ4v) is 4.46. The third-order valence-electron chi connectivity index (χ3n) is 6.12. The molecular weight excluding hydrogens is 463 g/mol. The van der Waals surface area contributed by atoms with Gasteiger partial charge in [-0.1, -0.05) is 24.3 Å². The molecule has 0 fully saturated rings. The summed E-state index contributed by atoms with van der Waals surface area (Å²) in [5, 5.41) is 22.5. The minimum absolute atomic E-state index is 0.0141. The molecule has 0 unspecified atom stereocenters. The molecule has 184 valence electrons. The number of hydrogen-bond donors (Lipinski definition) is 1. The van der Waals surface area contributed by atoms with Gasteiger partial charge in [0, 0.05) is 39.0 Å². The number of hydrazone groups is 1. The molecule has 0 bridgehead atoms. The lowest BCUT2D eigenvalue weighted by Gasteiger charge is -2.28. The Balaban J connectivity index is 1.39. The second kappa shape index (κ2) is 9.33. The summed E-state index contributed by atoms with van der Waals surface area (Å²) in [5.41, 5.74) is 1.79. The molecule has 36 heavy (non-hydrogen) atoms. The average Bonchev–Trinajstić information content (AvgIpc) is 3.30. The molecule has 0 radical (unpaired) electrons. The summed E-state index contributed by atoms with van der Waals surface area (Å²) in [6.45, 7) is 2.95. The monoisotopic (exact) mass is 488 g/mol. The fraction of sp³-hybridized carbons (Fsp3) is 0.280. The number of fused-ring (bicyclic) bond motifs is 2. The Bertz CT molecular complexity index is 1560. The van der Waals surface area contributed by atoms with E-state index in [0.29, 0.717) is 47.8 Å². The third-order valence-corrected chi connectivity index (χ3v) is 6.12. The molecule has 0 atom stereocenters. The lowest BCUT2D eigenvalue weighted by Crippen LogP contribution is -2.39. The number of aromatic nitrogens is 5. The highest BCUT2D eigenvalue weighted by Crippen LogP contribution is 2.21.